The van der Waals surface area contributed by atoms with Crippen LogP contribution in [0.3, 0.4) is 0 Å². The summed E-state index contributed by atoms with van der Waals surface area (Å²) in [5.74, 6) is 0.128. The van der Waals surface area contributed by atoms with Crippen molar-refractivity contribution in [1.82, 2.24) is 14.3 Å². The third-order valence-corrected chi connectivity index (χ3v) is 5.87. The number of pyridine rings is 1. The van der Waals surface area contributed by atoms with E-state index in [0.717, 1.165) is 12.0 Å². The third kappa shape index (κ3) is 3.82. The Morgan fingerprint density at radius 3 is 2.82 bits per heavy atom. The molecule has 1 aliphatic heterocycles. The van der Waals surface area contributed by atoms with E-state index < -0.39 is 0 Å². The van der Waals surface area contributed by atoms with Gasteiger partial charge in [-0.05, 0) is 38.0 Å². The van der Waals surface area contributed by atoms with E-state index in [0.29, 0.717) is 20.7 Å². The van der Waals surface area contributed by atoms with Crippen LogP contribution in [0.2, 0.25) is 0 Å². The lowest BCUT2D eigenvalue weighted by Gasteiger charge is -2.21. The van der Waals surface area contributed by atoms with Crippen molar-refractivity contribution in [2.75, 3.05) is 18.5 Å². The van der Waals surface area contributed by atoms with E-state index >= 15 is 0 Å². The van der Waals surface area contributed by atoms with Crippen LogP contribution in [0, 0.1) is 6.92 Å². The van der Waals surface area contributed by atoms with Gasteiger partial charge in [-0.1, -0.05) is 37.0 Å². The number of rotatable bonds is 6. The average Bonchev–Trinajstić information content (AvgIpc) is 2.95. The molecule has 1 fully saturated rings. The molecule has 1 aliphatic rings. The molecule has 0 spiro atoms. The molecular formula is C19H22N4O3S2. The molecule has 0 aromatic carbocycles. The minimum atomic E-state index is -0.289. The van der Waals surface area contributed by atoms with Gasteiger partial charge in [0.05, 0.1) is 17.1 Å². The molecule has 2 aromatic rings. The number of anilines is 1. The second-order valence-corrected chi connectivity index (χ2v) is 8.25. The van der Waals surface area contributed by atoms with Gasteiger partial charge in [-0.15, -0.1) is 0 Å². The van der Waals surface area contributed by atoms with E-state index in [1.54, 1.807) is 23.2 Å². The lowest BCUT2D eigenvalue weighted by molar-refractivity contribution is -0.123. The molecule has 3 rings (SSSR count). The molecule has 1 atom stereocenters. The summed E-state index contributed by atoms with van der Waals surface area (Å²) in [6, 6.07) is 3.62. The number of carbonyl (C=O) groups is 1. The molecule has 0 bridgehead atoms. The van der Waals surface area contributed by atoms with E-state index in [4.69, 9.17) is 17.3 Å². The summed E-state index contributed by atoms with van der Waals surface area (Å²) < 4.78 is 1.95. The number of aromatic nitrogens is 2. The van der Waals surface area contributed by atoms with Crippen LogP contribution in [-0.4, -0.2) is 48.8 Å². The number of carbonyl (C=O) groups excluding carboxylic acids is 1. The molecule has 1 saturated heterocycles. The molecule has 0 radical (unpaired) electrons. The van der Waals surface area contributed by atoms with E-state index in [1.807, 2.05) is 26.8 Å². The molecule has 148 valence electrons. The highest BCUT2D eigenvalue weighted by molar-refractivity contribution is 8.26. The number of nitrogens with zero attached hydrogens (tertiary/aromatic N) is 3. The Hall–Kier alpha value is -2.23. The first-order valence-electron chi connectivity index (χ1n) is 9.02. The molecule has 2 aromatic heterocycles. The summed E-state index contributed by atoms with van der Waals surface area (Å²) in [5.41, 5.74) is 1.38. The highest BCUT2D eigenvalue weighted by Gasteiger charge is 2.35. The van der Waals surface area contributed by atoms with Crippen LogP contribution in [0.15, 0.2) is 28.0 Å². The summed E-state index contributed by atoms with van der Waals surface area (Å²) >= 11 is 6.55. The van der Waals surface area contributed by atoms with Crippen molar-refractivity contribution in [1.29, 1.82) is 0 Å². The molecule has 28 heavy (non-hydrogen) atoms. The van der Waals surface area contributed by atoms with Gasteiger partial charge in [0.2, 0.25) is 0 Å². The fourth-order valence-electron chi connectivity index (χ4n) is 2.87. The fourth-order valence-corrected chi connectivity index (χ4v) is 4.32. The standard InChI is InChI=1S/C19H22N4O3S2/c1-4-12(3)23-18(26)14(28-19(23)27)9-13-16(20-7-8-24)21-15-6-5-11(2)10-22(15)17(13)25/h5-6,9-10,12,20,24H,4,7-8H2,1-3H3/b14-9-/t12-/m0/s1. The first kappa shape index (κ1) is 20.5. The van der Waals surface area contributed by atoms with Gasteiger partial charge in [0.1, 0.15) is 15.8 Å². The number of hydrogen-bond donors (Lipinski definition) is 2. The van der Waals surface area contributed by atoms with Gasteiger partial charge in [0.25, 0.3) is 11.5 Å². The molecule has 1 amide bonds. The lowest BCUT2D eigenvalue weighted by atomic mass is 10.2. The van der Waals surface area contributed by atoms with Gasteiger partial charge in [-0.25, -0.2) is 4.98 Å². The minimum absolute atomic E-state index is 0.0103. The number of aryl methyl sites for hydroxylation is 1. The maximum atomic E-state index is 13.1. The van der Waals surface area contributed by atoms with Crippen LogP contribution < -0.4 is 10.9 Å². The van der Waals surface area contributed by atoms with Crippen LogP contribution in [0.4, 0.5) is 5.82 Å². The summed E-state index contributed by atoms with van der Waals surface area (Å²) in [7, 11) is 0. The normalized spacial score (nSPS) is 17.0. The highest BCUT2D eigenvalue weighted by Crippen LogP contribution is 2.34. The molecule has 0 saturated carbocycles. The van der Waals surface area contributed by atoms with Crippen molar-refractivity contribution in [3.05, 3.63) is 44.7 Å². The molecule has 3 heterocycles. The van der Waals surface area contributed by atoms with Crippen molar-refractivity contribution in [3.63, 3.8) is 0 Å². The predicted octanol–water partition coefficient (Wildman–Crippen LogP) is 2.41. The maximum absolute atomic E-state index is 13.1. The molecule has 9 heteroatoms. The Labute approximate surface area is 172 Å². The number of hydrogen-bond acceptors (Lipinski definition) is 7. The summed E-state index contributed by atoms with van der Waals surface area (Å²) in [6.45, 7) is 5.96. The second kappa shape index (κ2) is 8.42. The zero-order chi connectivity index (χ0) is 20.4. The Balaban J connectivity index is 2.14. The first-order valence-corrected chi connectivity index (χ1v) is 10.2. The van der Waals surface area contributed by atoms with Crippen LogP contribution in [-0.2, 0) is 4.79 Å². The molecule has 0 unspecified atom stereocenters. The van der Waals surface area contributed by atoms with E-state index in [2.05, 4.69) is 10.3 Å². The van der Waals surface area contributed by atoms with Gasteiger partial charge in [-0.2, -0.15) is 0 Å². The second-order valence-electron chi connectivity index (χ2n) is 6.57. The van der Waals surface area contributed by atoms with Crippen molar-refractivity contribution < 1.29 is 9.90 Å². The van der Waals surface area contributed by atoms with Crippen LogP contribution in [0.1, 0.15) is 31.4 Å². The Bertz CT molecular complexity index is 1030. The van der Waals surface area contributed by atoms with Crippen molar-refractivity contribution >= 4 is 51.7 Å². The fraction of sp³-hybridized carbons (Fsp3) is 0.368. The van der Waals surface area contributed by atoms with Gasteiger partial charge in [-0.3, -0.25) is 18.9 Å². The maximum Gasteiger partial charge on any atom is 0.267 e. The SMILES string of the molecule is CC[C@H](C)N1C(=O)/C(=C/c2c(NCCO)nc3ccc(C)cn3c2=O)SC1=S. The highest BCUT2D eigenvalue weighted by atomic mass is 32.2. The number of fused-ring (bicyclic) bond motifs is 1. The van der Waals surface area contributed by atoms with Crippen molar-refractivity contribution in [2.24, 2.45) is 0 Å². The van der Waals surface area contributed by atoms with Crippen LogP contribution >= 0.6 is 24.0 Å². The molecule has 7 nitrogen and oxygen atoms in total. The Kier molecular flexibility index (Phi) is 6.17. The van der Waals surface area contributed by atoms with Gasteiger partial charge in [0.15, 0.2) is 0 Å². The number of thiocarbonyl (C=S) groups is 1. The van der Waals surface area contributed by atoms with Gasteiger partial charge in [0, 0.05) is 18.8 Å². The smallest absolute Gasteiger partial charge is 0.267 e. The molecule has 0 aliphatic carbocycles. The predicted molar refractivity (Wildman–Crippen MR) is 117 cm³/mol. The van der Waals surface area contributed by atoms with Crippen LogP contribution in [0.5, 0.6) is 0 Å². The number of aliphatic hydroxyl groups excluding tert-OH is 1. The molecular weight excluding hydrogens is 396 g/mol. The lowest BCUT2D eigenvalue weighted by Crippen LogP contribution is -2.36. The zero-order valence-corrected chi connectivity index (χ0v) is 17.6. The number of nitrogens with one attached hydrogen (secondary N) is 1. The first-order chi connectivity index (χ1) is 13.4. The van der Waals surface area contributed by atoms with Gasteiger partial charge < -0.3 is 10.4 Å². The van der Waals surface area contributed by atoms with E-state index in [9.17, 15) is 9.59 Å². The number of amides is 1. The van der Waals surface area contributed by atoms with E-state index in [-0.39, 0.29) is 36.2 Å². The largest absolute Gasteiger partial charge is 0.395 e. The minimum Gasteiger partial charge on any atom is -0.395 e. The quantitative estimate of drug-likeness (QED) is 0.550. The summed E-state index contributed by atoms with van der Waals surface area (Å²) in [6.07, 6.45) is 4.04. The van der Waals surface area contributed by atoms with Crippen molar-refractivity contribution in [2.45, 2.75) is 33.2 Å². The Morgan fingerprint density at radius 2 is 2.14 bits per heavy atom. The molecule has 2 N–H and O–H groups in total. The summed E-state index contributed by atoms with van der Waals surface area (Å²) in [5, 5.41) is 12.1. The number of thioether (sulfide) groups is 1. The third-order valence-electron chi connectivity index (χ3n) is 4.54. The monoisotopic (exact) mass is 418 g/mol. The van der Waals surface area contributed by atoms with Gasteiger partial charge >= 0.3 is 0 Å². The zero-order valence-electron chi connectivity index (χ0n) is 15.9. The summed E-state index contributed by atoms with van der Waals surface area (Å²) in [4.78, 5) is 32.4. The topological polar surface area (TPSA) is 86.9 Å². The average molecular weight is 419 g/mol. The van der Waals surface area contributed by atoms with E-state index in [1.165, 1.54) is 16.2 Å². The Morgan fingerprint density at radius 1 is 1.39 bits per heavy atom. The van der Waals surface area contributed by atoms with Crippen molar-refractivity contribution in [3.8, 4) is 0 Å². The van der Waals surface area contributed by atoms with Crippen LogP contribution in [0.25, 0.3) is 11.7 Å². The number of aliphatic hydroxyl groups is 1.